The predicted octanol–water partition coefficient (Wildman–Crippen LogP) is 5.95. The zero-order valence-electron chi connectivity index (χ0n) is 23.2. The van der Waals surface area contributed by atoms with Crippen LogP contribution in [-0.4, -0.2) is 47.8 Å². The van der Waals surface area contributed by atoms with Crippen molar-refractivity contribution in [2.75, 3.05) is 18.5 Å². The van der Waals surface area contributed by atoms with Crippen molar-refractivity contribution in [1.29, 1.82) is 0 Å². The number of hydrogen-bond acceptors (Lipinski definition) is 4. The Bertz CT molecular complexity index is 1260. The summed E-state index contributed by atoms with van der Waals surface area (Å²) in [7, 11) is 1.76. The van der Waals surface area contributed by atoms with Crippen LogP contribution in [0.4, 0.5) is 10.5 Å². The SMILES string of the molecule is CCCCCCCNC(=O)N(C)c1cccc(-c2ccc(C[C@H](NCc3ccc(C(=O)O)cc3)C(=O)O)cc2)c1. The molecular weight excluding hydrogens is 506 g/mol. The lowest BCUT2D eigenvalue weighted by Crippen LogP contribution is -2.38. The molecule has 3 aromatic rings. The zero-order chi connectivity index (χ0) is 28.9. The van der Waals surface area contributed by atoms with Crippen LogP contribution < -0.4 is 15.5 Å². The summed E-state index contributed by atoms with van der Waals surface area (Å²) in [5.74, 6) is -1.96. The van der Waals surface area contributed by atoms with Gasteiger partial charge in [0.1, 0.15) is 6.04 Å². The number of hydrogen-bond donors (Lipinski definition) is 4. The number of carbonyl (C=O) groups is 3. The summed E-state index contributed by atoms with van der Waals surface area (Å²) in [6.07, 6.45) is 6.01. The van der Waals surface area contributed by atoms with Gasteiger partial charge in [0, 0.05) is 25.8 Å². The molecule has 0 aromatic heterocycles. The second kappa shape index (κ2) is 15.4. The number of aromatic carboxylic acids is 1. The lowest BCUT2D eigenvalue weighted by atomic mass is 10.00. The monoisotopic (exact) mass is 545 g/mol. The summed E-state index contributed by atoms with van der Waals surface area (Å²) in [4.78, 5) is 37.1. The van der Waals surface area contributed by atoms with Crippen molar-refractivity contribution in [2.45, 2.75) is 58.0 Å². The Hall–Kier alpha value is -4.17. The summed E-state index contributed by atoms with van der Waals surface area (Å²) in [5.41, 5.74) is 4.58. The minimum absolute atomic E-state index is 0.131. The van der Waals surface area contributed by atoms with Crippen LogP contribution in [0.2, 0.25) is 0 Å². The van der Waals surface area contributed by atoms with Crippen LogP contribution in [0.25, 0.3) is 11.1 Å². The van der Waals surface area contributed by atoms with E-state index in [4.69, 9.17) is 5.11 Å². The molecule has 8 nitrogen and oxygen atoms in total. The Kier molecular flexibility index (Phi) is 11.7. The fourth-order valence-electron chi connectivity index (χ4n) is 4.38. The first-order chi connectivity index (χ1) is 19.3. The van der Waals surface area contributed by atoms with E-state index < -0.39 is 18.0 Å². The first-order valence-electron chi connectivity index (χ1n) is 13.8. The number of rotatable bonds is 15. The van der Waals surface area contributed by atoms with E-state index in [9.17, 15) is 19.5 Å². The average Bonchev–Trinajstić information content (AvgIpc) is 2.97. The van der Waals surface area contributed by atoms with Gasteiger partial charge < -0.3 is 20.8 Å². The van der Waals surface area contributed by atoms with Gasteiger partial charge in [-0.25, -0.2) is 9.59 Å². The number of nitrogens with zero attached hydrogens (tertiary/aromatic N) is 1. The molecule has 0 radical (unpaired) electrons. The van der Waals surface area contributed by atoms with Gasteiger partial charge in [0.2, 0.25) is 0 Å². The standard InChI is InChI=1S/C32H39N3O5/c1-3-4-5-6-7-19-33-32(40)35(2)28-10-8-9-27(21-28)25-15-11-23(12-16-25)20-29(31(38)39)34-22-24-13-17-26(18-14-24)30(36)37/h8-18,21,29,34H,3-7,19-20,22H2,1-2H3,(H,33,40)(H,36,37)(H,38,39)/t29-/m0/s1. The summed E-state index contributed by atoms with van der Waals surface area (Å²) in [6, 6.07) is 20.9. The molecule has 4 N–H and O–H groups in total. The number of unbranched alkanes of at least 4 members (excludes halogenated alkanes) is 4. The van der Waals surface area contributed by atoms with Crippen molar-refractivity contribution >= 4 is 23.7 Å². The second-order valence-corrected chi connectivity index (χ2v) is 9.93. The molecule has 0 aliphatic heterocycles. The van der Waals surface area contributed by atoms with E-state index in [-0.39, 0.29) is 11.6 Å². The van der Waals surface area contributed by atoms with Gasteiger partial charge in [0.05, 0.1) is 5.56 Å². The van der Waals surface area contributed by atoms with Gasteiger partial charge in [-0.1, -0.05) is 81.1 Å². The number of carboxylic acid groups (broad SMARTS) is 2. The number of carboxylic acids is 2. The second-order valence-electron chi connectivity index (χ2n) is 9.93. The first kappa shape index (κ1) is 30.4. The lowest BCUT2D eigenvalue weighted by molar-refractivity contribution is -0.139. The Balaban J connectivity index is 1.57. The highest BCUT2D eigenvalue weighted by molar-refractivity contribution is 5.92. The number of amides is 2. The van der Waals surface area contributed by atoms with E-state index in [0.29, 0.717) is 19.5 Å². The molecule has 0 fully saturated rings. The van der Waals surface area contributed by atoms with Crippen LogP contribution in [0.1, 0.15) is 60.5 Å². The topological polar surface area (TPSA) is 119 Å². The van der Waals surface area contributed by atoms with Crippen LogP contribution >= 0.6 is 0 Å². The fraction of sp³-hybridized carbons (Fsp3) is 0.344. The Morgan fingerprint density at radius 2 is 1.50 bits per heavy atom. The fourth-order valence-corrected chi connectivity index (χ4v) is 4.38. The summed E-state index contributed by atoms with van der Waals surface area (Å²) in [5, 5.41) is 24.8. The molecule has 0 bridgehead atoms. The largest absolute Gasteiger partial charge is 0.480 e. The number of nitrogens with one attached hydrogen (secondary N) is 2. The Labute approximate surface area is 236 Å². The minimum atomic E-state index is -1.00. The lowest BCUT2D eigenvalue weighted by Gasteiger charge is -2.19. The third-order valence-electron chi connectivity index (χ3n) is 6.87. The van der Waals surface area contributed by atoms with Gasteiger partial charge >= 0.3 is 18.0 Å². The van der Waals surface area contributed by atoms with E-state index in [2.05, 4.69) is 17.6 Å². The van der Waals surface area contributed by atoms with Crippen LogP contribution in [0.15, 0.2) is 72.8 Å². The highest BCUT2D eigenvalue weighted by Crippen LogP contribution is 2.25. The van der Waals surface area contributed by atoms with E-state index in [1.807, 2.05) is 48.5 Å². The Morgan fingerprint density at radius 3 is 2.15 bits per heavy atom. The summed E-state index contributed by atoms with van der Waals surface area (Å²) >= 11 is 0. The minimum Gasteiger partial charge on any atom is -0.480 e. The molecule has 0 unspecified atom stereocenters. The molecule has 1 atom stereocenters. The molecule has 0 aliphatic carbocycles. The maximum absolute atomic E-state index is 12.6. The molecule has 3 aromatic carbocycles. The van der Waals surface area contributed by atoms with Gasteiger partial charge in [-0.15, -0.1) is 0 Å². The number of carbonyl (C=O) groups excluding carboxylic acids is 1. The van der Waals surface area contributed by atoms with Crippen LogP contribution in [0.3, 0.4) is 0 Å². The molecule has 0 spiro atoms. The third kappa shape index (κ3) is 9.24. The van der Waals surface area contributed by atoms with Crippen molar-refractivity contribution in [1.82, 2.24) is 10.6 Å². The first-order valence-corrected chi connectivity index (χ1v) is 13.8. The molecule has 0 saturated heterocycles. The number of benzene rings is 3. The van der Waals surface area contributed by atoms with Crippen LogP contribution in [0, 0.1) is 0 Å². The quantitative estimate of drug-likeness (QED) is 0.175. The van der Waals surface area contributed by atoms with Crippen molar-refractivity contribution in [3.63, 3.8) is 0 Å². The van der Waals surface area contributed by atoms with Crippen LogP contribution in [0.5, 0.6) is 0 Å². The van der Waals surface area contributed by atoms with Crippen molar-refractivity contribution in [3.8, 4) is 11.1 Å². The highest BCUT2D eigenvalue weighted by atomic mass is 16.4. The summed E-state index contributed by atoms with van der Waals surface area (Å²) in [6.45, 7) is 3.15. The van der Waals surface area contributed by atoms with Gasteiger partial charge in [-0.2, -0.15) is 0 Å². The number of anilines is 1. The van der Waals surface area contributed by atoms with E-state index >= 15 is 0 Å². The molecule has 0 aliphatic rings. The smallest absolute Gasteiger partial charge is 0.335 e. The third-order valence-corrected chi connectivity index (χ3v) is 6.87. The molecule has 3 rings (SSSR count). The van der Waals surface area contributed by atoms with E-state index in [1.165, 1.54) is 31.4 Å². The van der Waals surface area contributed by atoms with Crippen molar-refractivity contribution < 1.29 is 24.6 Å². The maximum Gasteiger partial charge on any atom is 0.335 e. The molecule has 0 heterocycles. The van der Waals surface area contributed by atoms with Gasteiger partial charge in [-0.05, 0) is 59.4 Å². The molecule has 0 saturated carbocycles. The van der Waals surface area contributed by atoms with Crippen molar-refractivity contribution in [2.24, 2.45) is 0 Å². The van der Waals surface area contributed by atoms with Gasteiger partial charge in [0.15, 0.2) is 0 Å². The zero-order valence-corrected chi connectivity index (χ0v) is 23.2. The normalized spacial score (nSPS) is 11.6. The number of aliphatic carboxylic acids is 1. The predicted molar refractivity (Wildman–Crippen MR) is 158 cm³/mol. The maximum atomic E-state index is 12.6. The van der Waals surface area contributed by atoms with Crippen molar-refractivity contribution in [3.05, 3.63) is 89.5 Å². The Morgan fingerprint density at radius 1 is 0.825 bits per heavy atom. The van der Waals surface area contributed by atoms with Gasteiger partial charge in [0.25, 0.3) is 0 Å². The highest BCUT2D eigenvalue weighted by Gasteiger charge is 2.18. The molecule has 2 amide bonds. The molecule has 212 valence electrons. The molecular formula is C32H39N3O5. The molecule has 8 heteroatoms. The average molecular weight is 546 g/mol. The van der Waals surface area contributed by atoms with Crippen LogP contribution in [-0.2, 0) is 17.8 Å². The van der Waals surface area contributed by atoms with E-state index in [0.717, 1.165) is 40.8 Å². The summed E-state index contributed by atoms with van der Waals surface area (Å²) < 4.78 is 0. The number of urea groups is 1. The van der Waals surface area contributed by atoms with E-state index in [1.54, 1.807) is 24.1 Å². The molecule has 40 heavy (non-hydrogen) atoms. The van der Waals surface area contributed by atoms with Gasteiger partial charge in [-0.3, -0.25) is 9.69 Å².